The largest absolute Gasteiger partial charge is 0.507 e. The predicted octanol–water partition coefficient (Wildman–Crippen LogP) is 5.73. The van der Waals surface area contributed by atoms with E-state index in [-0.39, 0.29) is 22.1 Å². The van der Waals surface area contributed by atoms with Crippen LogP contribution in [0.15, 0.2) is 88.8 Å². The maximum Gasteiger partial charge on any atom is 0.301 e. The second-order valence-corrected chi connectivity index (χ2v) is 10.0. The number of benzene rings is 3. The topological polar surface area (TPSA) is 83.4 Å². The molecule has 4 aromatic rings. The van der Waals surface area contributed by atoms with Gasteiger partial charge in [0.15, 0.2) is 4.34 Å². The number of aliphatic hydroxyl groups excluding tert-OH is 1. The van der Waals surface area contributed by atoms with Gasteiger partial charge < -0.3 is 5.11 Å². The molecule has 2 heterocycles. The van der Waals surface area contributed by atoms with Gasteiger partial charge in [-0.05, 0) is 47.5 Å². The minimum absolute atomic E-state index is 0.117. The number of ketones is 1. The Bertz CT molecular complexity index is 1460. The van der Waals surface area contributed by atoms with Crippen molar-refractivity contribution in [1.29, 1.82) is 0 Å². The van der Waals surface area contributed by atoms with Crippen LogP contribution in [0.2, 0.25) is 0 Å². The Hall–Kier alpha value is -3.89. The van der Waals surface area contributed by atoms with E-state index in [9.17, 15) is 23.5 Å². The molecule has 0 bridgehead atoms. The predicted molar refractivity (Wildman–Crippen MR) is 133 cm³/mol. The molecule has 0 aliphatic carbocycles. The third-order valence-electron chi connectivity index (χ3n) is 5.55. The molecule has 36 heavy (non-hydrogen) atoms. The van der Waals surface area contributed by atoms with E-state index in [1.165, 1.54) is 40.9 Å². The number of aliphatic hydroxyl groups is 1. The van der Waals surface area contributed by atoms with Gasteiger partial charge in [-0.3, -0.25) is 14.5 Å². The summed E-state index contributed by atoms with van der Waals surface area (Å²) in [5, 5.41) is 19.5. The normalized spacial score (nSPS) is 17.1. The Labute approximate surface area is 212 Å². The first-order chi connectivity index (χ1) is 17.4. The number of carbonyl (C=O) groups excluding carboxylic acids is 2. The van der Waals surface area contributed by atoms with Gasteiger partial charge in [0, 0.05) is 11.3 Å². The fourth-order valence-electron chi connectivity index (χ4n) is 3.83. The van der Waals surface area contributed by atoms with E-state index >= 15 is 0 Å². The highest BCUT2D eigenvalue weighted by Crippen LogP contribution is 2.44. The summed E-state index contributed by atoms with van der Waals surface area (Å²) in [5.41, 5.74) is 1.58. The van der Waals surface area contributed by atoms with Gasteiger partial charge in [0.1, 0.15) is 17.4 Å². The highest BCUT2D eigenvalue weighted by Gasteiger charge is 2.48. The fraction of sp³-hybridized carbons (Fsp3) is 0.0769. The molecule has 3 aromatic carbocycles. The zero-order valence-electron chi connectivity index (χ0n) is 18.5. The monoisotopic (exact) mass is 521 g/mol. The second-order valence-electron chi connectivity index (χ2n) is 7.85. The first kappa shape index (κ1) is 23.8. The Morgan fingerprint density at radius 1 is 0.917 bits per heavy atom. The van der Waals surface area contributed by atoms with Crippen LogP contribution in [0.25, 0.3) is 5.76 Å². The van der Waals surface area contributed by atoms with Crippen molar-refractivity contribution in [3.8, 4) is 0 Å². The Kier molecular flexibility index (Phi) is 6.62. The number of hydrogen-bond acceptors (Lipinski definition) is 7. The lowest BCUT2D eigenvalue weighted by molar-refractivity contribution is -0.132. The van der Waals surface area contributed by atoms with Crippen molar-refractivity contribution in [2.45, 2.75) is 16.1 Å². The molecule has 10 heteroatoms. The van der Waals surface area contributed by atoms with E-state index in [0.717, 1.165) is 29.0 Å². The molecule has 0 saturated carbocycles. The first-order valence-electron chi connectivity index (χ1n) is 10.7. The molecule has 1 fully saturated rings. The Morgan fingerprint density at radius 2 is 1.56 bits per heavy atom. The maximum absolute atomic E-state index is 13.4. The van der Waals surface area contributed by atoms with Crippen LogP contribution in [0.1, 0.15) is 22.7 Å². The zero-order valence-corrected chi connectivity index (χ0v) is 20.1. The number of halogens is 2. The van der Waals surface area contributed by atoms with Crippen molar-refractivity contribution in [2.75, 3.05) is 4.90 Å². The van der Waals surface area contributed by atoms with Gasteiger partial charge in [-0.15, -0.1) is 10.2 Å². The molecule has 1 aliphatic heterocycles. The summed E-state index contributed by atoms with van der Waals surface area (Å²) in [4.78, 5) is 27.5. The number of aromatic nitrogens is 2. The molecular formula is C26H17F2N3O3S2. The highest BCUT2D eigenvalue weighted by molar-refractivity contribution is 8.00. The van der Waals surface area contributed by atoms with E-state index in [1.54, 1.807) is 42.5 Å². The van der Waals surface area contributed by atoms with Gasteiger partial charge in [-0.25, -0.2) is 8.78 Å². The first-order valence-corrected chi connectivity index (χ1v) is 12.5. The summed E-state index contributed by atoms with van der Waals surface area (Å²) >= 11 is 2.50. The summed E-state index contributed by atoms with van der Waals surface area (Å²) in [7, 11) is 0. The number of Topliss-reactive ketones (excluding diaryl/α,β-unsaturated/α-hetero) is 1. The second kappa shape index (κ2) is 10.00. The molecule has 0 spiro atoms. The van der Waals surface area contributed by atoms with Crippen LogP contribution >= 0.6 is 23.1 Å². The summed E-state index contributed by atoms with van der Waals surface area (Å²) in [6, 6.07) is 19.0. The van der Waals surface area contributed by atoms with Crippen molar-refractivity contribution in [2.24, 2.45) is 0 Å². The standard InChI is InChI=1S/C26H17F2N3O3S2/c27-18-10-6-15(7-11-18)14-35-26-30-29-25(36-26)31-21(16-4-2-1-3-5-16)20(23(33)24(31)34)22(32)17-8-12-19(28)13-9-17/h1-13,21,32H,14H2/b22-20-. The smallest absolute Gasteiger partial charge is 0.301 e. The van der Waals surface area contributed by atoms with E-state index in [0.29, 0.717) is 15.7 Å². The number of rotatable bonds is 6. The number of thioether (sulfide) groups is 1. The van der Waals surface area contributed by atoms with Crippen LogP contribution in [0.4, 0.5) is 13.9 Å². The quantitative estimate of drug-likeness (QED) is 0.115. The van der Waals surface area contributed by atoms with Crippen molar-refractivity contribution in [3.05, 3.63) is 113 Å². The van der Waals surface area contributed by atoms with Crippen LogP contribution in [0.5, 0.6) is 0 Å². The van der Waals surface area contributed by atoms with Crippen molar-refractivity contribution in [3.63, 3.8) is 0 Å². The molecule has 1 aliphatic rings. The molecule has 6 nitrogen and oxygen atoms in total. The van der Waals surface area contributed by atoms with Gasteiger partial charge in [-0.2, -0.15) is 0 Å². The minimum atomic E-state index is -0.945. The maximum atomic E-state index is 13.4. The van der Waals surface area contributed by atoms with Gasteiger partial charge in [-0.1, -0.05) is 65.6 Å². The fourth-order valence-corrected chi connectivity index (χ4v) is 5.65. The van der Waals surface area contributed by atoms with Crippen LogP contribution in [0, 0.1) is 11.6 Å². The molecule has 1 N–H and O–H groups in total. The summed E-state index contributed by atoms with van der Waals surface area (Å²) in [6.07, 6.45) is 0. The van der Waals surface area contributed by atoms with Crippen molar-refractivity contribution >= 4 is 45.7 Å². The van der Waals surface area contributed by atoms with E-state index in [1.807, 2.05) is 0 Å². The molecule has 1 amide bonds. The average Bonchev–Trinajstić information content (AvgIpc) is 3.46. The lowest BCUT2D eigenvalue weighted by Gasteiger charge is -2.22. The number of hydrogen-bond donors (Lipinski definition) is 1. The molecule has 180 valence electrons. The van der Waals surface area contributed by atoms with Gasteiger partial charge in [0.05, 0.1) is 11.6 Å². The third-order valence-corrected chi connectivity index (χ3v) is 7.68. The van der Waals surface area contributed by atoms with Crippen LogP contribution in [0.3, 0.4) is 0 Å². The van der Waals surface area contributed by atoms with Crippen molar-refractivity contribution < 1.29 is 23.5 Å². The average molecular weight is 522 g/mol. The SMILES string of the molecule is O=C1C(=O)N(c2nnc(SCc3ccc(F)cc3)s2)C(c2ccccc2)/C1=C(/O)c1ccc(F)cc1. The van der Waals surface area contributed by atoms with Gasteiger partial charge in [0.2, 0.25) is 5.13 Å². The highest BCUT2D eigenvalue weighted by atomic mass is 32.2. The number of carbonyl (C=O) groups is 2. The van der Waals surface area contributed by atoms with E-state index < -0.39 is 29.3 Å². The van der Waals surface area contributed by atoms with Crippen molar-refractivity contribution in [1.82, 2.24) is 10.2 Å². The van der Waals surface area contributed by atoms with Crippen LogP contribution in [-0.2, 0) is 15.3 Å². The number of nitrogens with zero attached hydrogens (tertiary/aromatic N) is 3. The molecule has 5 rings (SSSR count). The minimum Gasteiger partial charge on any atom is -0.507 e. The lowest BCUT2D eigenvalue weighted by atomic mass is 9.95. The van der Waals surface area contributed by atoms with Gasteiger partial charge in [0.25, 0.3) is 5.78 Å². The molecule has 0 radical (unpaired) electrons. The summed E-state index contributed by atoms with van der Waals surface area (Å²) in [5.74, 6) is -2.43. The van der Waals surface area contributed by atoms with E-state index in [2.05, 4.69) is 10.2 Å². The van der Waals surface area contributed by atoms with Crippen LogP contribution < -0.4 is 4.90 Å². The number of anilines is 1. The lowest BCUT2D eigenvalue weighted by Crippen LogP contribution is -2.29. The zero-order chi connectivity index (χ0) is 25.2. The molecule has 1 atom stereocenters. The van der Waals surface area contributed by atoms with Crippen LogP contribution in [-0.4, -0.2) is 27.0 Å². The van der Waals surface area contributed by atoms with E-state index in [4.69, 9.17) is 0 Å². The number of amides is 1. The Balaban J connectivity index is 1.51. The summed E-state index contributed by atoms with van der Waals surface area (Å²) in [6.45, 7) is 0. The molecular weight excluding hydrogens is 504 g/mol. The molecule has 1 unspecified atom stereocenters. The Morgan fingerprint density at radius 3 is 2.22 bits per heavy atom. The molecule has 1 aromatic heterocycles. The molecule has 1 saturated heterocycles. The van der Waals surface area contributed by atoms with Gasteiger partial charge >= 0.3 is 5.91 Å². The third kappa shape index (κ3) is 4.65. The summed E-state index contributed by atoms with van der Waals surface area (Å²) < 4.78 is 27.1.